The van der Waals surface area contributed by atoms with Crippen molar-refractivity contribution in [1.29, 1.82) is 0 Å². The molecule has 0 fully saturated rings. The Morgan fingerprint density at radius 3 is 1.26 bits per heavy atom. The number of hydrogen-bond donors (Lipinski definition) is 4. The zero-order chi connectivity index (χ0) is 22.6. The van der Waals surface area contributed by atoms with Gasteiger partial charge in [-0.3, -0.25) is 9.59 Å². The summed E-state index contributed by atoms with van der Waals surface area (Å²) in [6.45, 7) is 12.9. The number of quaternary nitrogens is 2. The van der Waals surface area contributed by atoms with Crippen molar-refractivity contribution < 1.29 is 24.1 Å². The lowest BCUT2D eigenvalue weighted by Gasteiger charge is -2.15. The van der Waals surface area contributed by atoms with Crippen molar-refractivity contribution in [3.63, 3.8) is 0 Å². The van der Waals surface area contributed by atoms with Crippen LogP contribution in [0.5, 0.6) is 11.5 Å². The fraction of sp³-hybridized carbons (Fsp3) is 0.417. The molecule has 2 aromatic rings. The van der Waals surface area contributed by atoms with Crippen molar-refractivity contribution in [2.75, 3.05) is 49.9 Å². The summed E-state index contributed by atoms with van der Waals surface area (Å²) in [5.74, 6) is 1.36. The van der Waals surface area contributed by atoms with Gasteiger partial charge in [-0.2, -0.15) is 0 Å². The van der Waals surface area contributed by atoms with E-state index in [0.717, 1.165) is 37.6 Å². The van der Waals surface area contributed by atoms with Crippen LogP contribution in [0.2, 0.25) is 0 Å². The fourth-order valence-corrected chi connectivity index (χ4v) is 3.21. The average molecular weight is 429 g/mol. The highest BCUT2D eigenvalue weighted by Crippen LogP contribution is 2.24. The summed E-state index contributed by atoms with van der Waals surface area (Å²) in [6, 6.07) is 14.6. The van der Waals surface area contributed by atoms with E-state index < -0.39 is 0 Å². The Balaban J connectivity index is 1.86. The van der Waals surface area contributed by atoms with Crippen LogP contribution < -0.4 is 25.2 Å². The van der Waals surface area contributed by atoms with Gasteiger partial charge in [0.05, 0.1) is 26.2 Å². The summed E-state index contributed by atoms with van der Waals surface area (Å²) in [7, 11) is 0. The van der Waals surface area contributed by atoms with Crippen LogP contribution in [-0.2, 0) is 9.59 Å². The second-order valence-corrected chi connectivity index (χ2v) is 7.51. The highest BCUT2D eigenvalue weighted by atomic mass is 16.5. The number of carbonyl (C=O) groups excluding carboxylic acids is 2. The normalized spacial score (nSPS) is 10.9. The van der Waals surface area contributed by atoms with Crippen molar-refractivity contribution in [2.45, 2.75) is 27.7 Å². The van der Waals surface area contributed by atoms with Gasteiger partial charge in [-0.15, -0.1) is 0 Å². The number of likely N-dealkylation sites (N-methyl/N-ethyl adjacent to an activating group) is 2. The van der Waals surface area contributed by atoms with Crippen molar-refractivity contribution in [2.24, 2.45) is 0 Å². The van der Waals surface area contributed by atoms with E-state index in [4.69, 9.17) is 4.74 Å². The monoisotopic (exact) mass is 428 g/mol. The SMILES string of the molecule is CC[NH+](CC)CC(=O)Nc1ccc(Oc2ccc(NC(=O)C[NH+](CC)CC)cc2)cc1. The zero-order valence-corrected chi connectivity index (χ0v) is 19.1. The Kier molecular flexibility index (Phi) is 10.00. The van der Waals surface area contributed by atoms with Crippen LogP contribution in [0.25, 0.3) is 0 Å². The van der Waals surface area contributed by atoms with Crippen LogP contribution in [0.4, 0.5) is 11.4 Å². The molecule has 2 amide bonds. The molecule has 4 N–H and O–H groups in total. The molecule has 7 heteroatoms. The lowest BCUT2D eigenvalue weighted by molar-refractivity contribution is -0.888. The van der Waals surface area contributed by atoms with E-state index in [1.807, 2.05) is 48.5 Å². The van der Waals surface area contributed by atoms with Crippen LogP contribution in [0.1, 0.15) is 27.7 Å². The standard InChI is InChI=1S/C24H34N4O3/c1-5-27(6-2)17-23(29)25-19-9-13-21(14-10-19)31-22-15-11-20(12-16-22)26-24(30)18-28(7-3)8-4/h9-16H,5-8,17-18H2,1-4H3,(H,25,29)(H,26,30)/p+2. The number of benzene rings is 2. The first kappa shape index (κ1) is 24.4. The minimum absolute atomic E-state index is 0.00704. The smallest absolute Gasteiger partial charge is 0.279 e. The lowest BCUT2D eigenvalue weighted by Crippen LogP contribution is -3.12. The molecule has 0 saturated carbocycles. The molecule has 0 aliphatic carbocycles. The van der Waals surface area contributed by atoms with E-state index >= 15 is 0 Å². The predicted octanol–water partition coefficient (Wildman–Crippen LogP) is 1.21. The van der Waals surface area contributed by atoms with Gasteiger partial charge in [0.1, 0.15) is 11.5 Å². The van der Waals surface area contributed by atoms with E-state index in [-0.39, 0.29) is 11.8 Å². The summed E-state index contributed by atoms with van der Waals surface area (Å²) in [6.07, 6.45) is 0. The van der Waals surface area contributed by atoms with Gasteiger partial charge in [-0.25, -0.2) is 0 Å². The van der Waals surface area contributed by atoms with Crippen LogP contribution in [0.3, 0.4) is 0 Å². The van der Waals surface area contributed by atoms with Crippen LogP contribution in [0, 0.1) is 0 Å². The quantitative estimate of drug-likeness (QED) is 0.410. The second kappa shape index (κ2) is 12.7. The Hall–Kier alpha value is -2.90. The van der Waals surface area contributed by atoms with Crippen molar-refractivity contribution in [3.05, 3.63) is 48.5 Å². The Morgan fingerprint density at radius 2 is 0.968 bits per heavy atom. The Morgan fingerprint density at radius 1 is 0.645 bits per heavy atom. The minimum Gasteiger partial charge on any atom is -0.457 e. The summed E-state index contributed by atoms with van der Waals surface area (Å²) in [5.41, 5.74) is 1.49. The molecule has 0 unspecified atom stereocenters. The third kappa shape index (κ3) is 8.39. The number of carbonyl (C=O) groups is 2. The third-order valence-electron chi connectivity index (χ3n) is 5.33. The minimum atomic E-state index is 0.00704. The molecule has 0 spiro atoms. The van der Waals surface area contributed by atoms with Gasteiger partial charge in [0.2, 0.25) is 0 Å². The Bertz CT molecular complexity index is 744. The zero-order valence-electron chi connectivity index (χ0n) is 19.1. The highest BCUT2D eigenvalue weighted by molar-refractivity contribution is 5.92. The number of nitrogens with one attached hydrogen (secondary N) is 4. The number of hydrogen-bond acceptors (Lipinski definition) is 3. The molecular formula is C24H36N4O3+2. The summed E-state index contributed by atoms with van der Waals surface area (Å²) >= 11 is 0. The van der Waals surface area contributed by atoms with Crippen molar-refractivity contribution >= 4 is 23.2 Å². The molecule has 0 bridgehead atoms. The molecule has 0 radical (unpaired) electrons. The average Bonchev–Trinajstić information content (AvgIpc) is 2.78. The largest absolute Gasteiger partial charge is 0.457 e. The molecular weight excluding hydrogens is 392 g/mol. The molecule has 0 aliphatic heterocycles. The van der Waals surface area contributed by atoms with Gasteiger partial charge >= 0.3 is 0 Å². The number of anilines is 2. The van der Waals surface area contributed by atoms with Crippen molar-refractivity contribution in [1.82, 2.24) is 0 Å². The van der Waals surface area contributed by atoms with Gasteiger partial charge in [-0.05, 0) is 76.2 Å². The molecule has 7 nitrogen and oxygen atoms in total. The molecule has 0 aromatic heterocycles. The highest BCUT2D eigenvalue weighted by Gasteiger charge is 2.12. The lowest BCUT2D eigenvalue weighted by atomic mass is 10.2. The maximum absolute atomic E-state index is 12.1. The first-order chi connectivity index (χ1) is 15.0. The maximum atomic E-state index is 12.1. The third-order valence-corrected chi connectivity index (χ3v) is 5.33. The van der Waals surface area contributed by atoms with Crippen molar-refractivity contribution in [3.8, 4) is 11.5 Å². The summed E-state index contributed by atoms with van der Waals surface area (Å²) in [5, 5.41) is 5.84. The number of rotatable bonds is 12. The summed E-state index contributed by atoms with van der Waals surface area (Å²) in [4.78, 5) is 26.7. The molecule has 31 heavy (non-hydrogen) atoms. The second-order valence-electron chi connectivity index (χ2n) is 7.51. The molecule has 0 atom stereocenters. The number of amides is 2. The molecule has 0 saturated heterocycles. The predicted molar refractivity (Wildman–Crippen MR) is 124 cm³/mol. The molecule has 0 heterocycles. The maximum Gasteiger partial charge on any atom is 0.279 e. The first-order valence-corrected chi connectivity index (χ1v) is 11.1. The van der Waals surface area contributed by atoms with E-state index in [9.17, 15) is 9.59 Å². The van der Waals surface area contributed by atoms with Crippen LogP contribution >= 0.6 is 0 Å². The van der Waals surface area contributed by atoms with Gasteiger partial charge in [-0.1, -0.05) is 0 Å². The van der Waals surface area contributed by atoms with Gasteiger partial charge < -0.3 is 25.2 Å². The number of ether oxygens (including phenoxy) is 1. The van der Waals surface area contributed by atoms with E-state index in [1.54, 1.807) is 0 Å². The topological polar surface area (TPSA) is 76.3 Å². The first-order valence-electron chi connectivity index (χ1n) is 11.1. The van der Waals surface area contributed by atoms with Gasteiger partial charge in [0.15, 0.2) is 13.1 Å². The molecule has 0 aliphatic rings. The van der Waals surface area contributed by atoms with Crippen LogP contribution in [-0.4, -0.2) is 51.1 Å². The van der Waals surface area contributed by atoms with E-state index in [0.29, 0.717) is 24.6 Å². The molecule has 2 aromatic carbocycles. The Labute approximate surface area is 185 Å². The van der Waals surface area contributed by atoms with E-state index in [2.05, 4.69) is 38.3 Å². The molecule has 168 valence electrons. The van der Waals surface area contributed by atoms with E-state index in [1.165, 1.54) is 9.80 Å². The van der Waals surface area contributed by atoms with Gasteiger partial charge in [0.25, 0.3) is 11.8 Å². The fourth-order valence-electron chi connectivity index (χ4n) is 3.21. The van der Waals surface area contributed by atoms with Crippen LogP contribution in [0.15, 0.2) is 48.5 Å². The van der Waals surface area contributed by atoms with Gasteiger partial charge in [0, 0.05) is 11.4 Å². The molecule has 2 rings (SSSR count). The summed E-state index contributed by atoms with van der Waals surface area (Å²) < 4.78 is 5.86.